The zero-order valence-corrected chi connectivity index (χ0v) is 18.3. The Morgan fingerprint density at radius 1 is 1.04 bits per heavy atom. The molecule has 7 unspecified atom stereocenters. The van der Waals surface area contributed by atoms with Crippen LogP contribution in [-0.4, -0.2) is 18.9 Å². The normalized spacial score (nSPS) is 52.9. The third-order valence-corrected chi connectivity index (χ3v) is 11.3. The van der Waals surface area contributed by atoms with Gasteiger partial charge in [-0.2, -0.15) is 0 Å². The number of allylic oxidation sites excluding steroid dienone is 2. The molecule has 2 nitrogen and oxygen atoms in total. The second-order valence-electron chi connectivity index (χ2n) is 11.7. The van der Waals surface area contributed by atoms with E-state index < -0.39 is 0 Å². The lowest BCUT2D eigenvalue weighted by atomic mass is 9.46. The number of ketones is 1. The molecule has 0 bridgehead atoms. The molecule has 2 heteroatoms. The Labute approximate surface area is 173 Å². The Morgan fingerprint density at radius 3 is 2.39 bits per heavy atom. The van der Waals surface area contributed by atoms with Crippen LogP contribution in [0.15, 0.2) is 11.6 Å². The Morgan fingerprint density at radius 2 is 1.75 bits per heavy atom. The van der Waals surface area contributed by atoms with Crippen molar-refractivity contribution in [3.05, 3.63) is 11.6 Å². The number of hydrogen-bond donors (Lipinski definition) is 1. The van der Waals surface area contributed by atoms with Crippen molar-refractivity contribution in [2.45, 2.75) is 93.0 Å². The molecular formula is C26H43NO. The number of Topliss-reactive ketones (excluding diaryl/α,β-unsaturated/α-hetero) is 1. The molecule has 2 spiro atoms. The van der Waals surface area contributed by atoms with E-state index >= 15 is 0 Å². The highest BCUT2D eigenvalue weighted by molar-refractivity contribution is 5.95. The van der Waals surface area contributed by atoms with Crippen molar-refractivity contribution in [3.8, 4) is 0 Å². The van der Waals surface area contributed by atoms with Crippen LogP contribution < -0.4 is 5.32 Å². The van der Waals surface area contributed by atoms with E-state index in [1.54, 1.807) is 6.92 Å². The van der Waals surface area contributed by atoms with Gasteiger partial charge in [-0.25, -0.2) is 0 Å². The van der Waals surface area contributed by atoms with Gasteiger partial charge in [-0.1, -0.05) is 41.2 Å². The standard InChI is InChI=1S/C25H39NO.CH4/c1-15(27)17-7-8-18-19-9-10-20-22(3,4)21(26-6)11-12-25(20)16(2)24(19,25)14-13-23(17,18)5;/h7,16,18-21,26H,8-14H2,1-6H3;1H4/t16-,18?,19?,20?,21?,23?,24?,25?;/m0./s1. The largest absolute Gasteiger partial charge is 0.316 e. The van der Waals surface area contributed by atoms with Crippen LogP contribution in [0.4, 0.5) is 0 Å². The lowest BCUT2D eigenvalue weighted by Crippen LogP contribution is -2.56. The van der Waals surface area contributed by atoms with Gasteiger partial charge in [0.05, 0.1) is 0 Å². The smallest absolute Gasteiger partial charge is 0.156 e. The van der Waals surface area contributed by atoms with Crippen LogP contribution in [-0.2, 0) is 4.79 Å². The molecule has 1 N–H and O–H groups in total. The van der Waals surface area contributed by atoms with Crippen molar-refractivity contribution in [1.82, 2.24) is 5.32 Å². The van der Waals surface area contributed by atoms with Gasteiger partial charge >= 0.3 is 0 Å². The summed E-state index contributed by atoms with van der Waals surface area (Å²) in [4.78, 5) is 12.3. The average Bonchev–Trinajstić information content (AvgIpc) is 2.93. The lowest BCUT2D eigenvalue weighted by Gasteiger charge is -2.59. The van der Waals surface area contributed by atoms with E-state index in [2.05, 4.69) is 46.1 Å². The summed E-state index contributed by atoms with van der Waals surface area (Å²) in [5.41, 5.74) is 2.90. The summed E-state index contributed by atoms with van der Waals surface area (Å²) in [5.74, 6) is 3.65. The summed E-state index contributed by atoms with van der Waals surface area (Å²) in [6, 6.07) is 0.667. The van der Waals surface area contributed by atoms with Crippen molar-refractivity contribution in [3.63, 3.8) is 0 Å². The summed E-state index contributed by atoms with van der Waals surface area (Å²) < 4.78 is 0. The zero-order chi connectivity index (χ0) is 19.4. The molecule has 28 heavy (non-hydrogen) atoms. The van der Waals surface area contributed by atoms with E-state index in [0.29, 0.717) is 28.1 Å². The summed E-state index contributed by atoms with van der Waals surface area (Å²) in [6.45, 7) is 11.9. The molecule has 5 rings (SSSR count). The Balaban J connectivity index is 0.00000192. The molecule has 0 aromatic carbocycles. The molecule has 0 aliphatic heterocycles. The van der Waals surface area contributed by atoms with Gasteiger partial charge in [0.2, 0.25) is 0 Å². The van der Waals surface area contributed by atoms with E-state index in [9.17, 15) is 4.79 Å². The molecule has 0 aromatic heterocycles. The molecule has 8 atom stereocenters. The van der Waals surface area contributed by atoms with Gasteiger partial charge in [-0.15, -0.1) is 0 Å². The fourth-order valence-corrected chi connectivity index (χ4v) is 10.3. The first kappa shape index (κ1) is 20.6. The molecule has 4 fully saturated rings. The molecule has 0 heterocycles. The van der Waals surface area contributed by atoms with Gasteiger partial charge in [0, 0.05) is 6.04 Å². The number of nitrogens with one attached hydrogen (secondary N) is 1. The van der Waals surface area contributed by atoms with Crippen LogP contribution in [0.1, 0.15) is 87.0 Å². The van der Waals surface area contributed by atoms with Gasteiger partial charge in [-0.05, 0) is 110 Å². The molecule has 0 radical (unpaired) electrons. The predicted octanol–water partition coefficient (Wildman–Crippen LogP) is 6.01. The monoisotopic (exact) mass is 385 g/mol. The quantitative estimate of drug-likeness (QED) is 0.630. The number of rotatable bonds is 2. The topological polar surface area (TPSA) is 29.1 Å². The number of carbonyl (C=O) groups excluding carboxylic acids is 1. The van der Waals surface area contributed by atoms with Crippen LogP contribution >= 0.6 is 0 Å². The van der Waals surface area contributed by atoms with Crippen LogP contribution in [0, 0.1) is 45.3 Å². The molecule has 0 aromatic rings. The summed E-state index contributed by atoms with van der Waals surface area (Å²) in [5, 5.41) is 3.66. The molecule has 0 saturated heterocycles. The first-order chi connectivity index (χ1) is 12.7. The van der Waals surface area contributed by atoms with Gasteiger partial charge in [0.15, 0.2) is 5.78 Å². The van der Waals surface area contributed by atoms with Crippen molar-refractivity contribution in [2.24, 2.45) is 45.3 Å². The van der Waals surface area contributed by atoms with E-state index in [1.165, 1.54) is 44.1 Å². The highest BCUT2D eigenvalue weighted by Gasteiger charge is 2.84. The molecular weight excluding hydrogens is 342 g/mol. The molecule has 4 saturated carbocycles. The maximum atomic E-state index is 12.3. The Hall–Kier alpha value is -0.630. The van der Waals surface area contributed by atoms with Crippen LogP contribution in [0.2, 0.25) is 0 Å². The minimum Gasteiger partial charge on any atom is -0.316 e. The zero-order valence-electron chi connectivity index (χ0n) is 18.3. The molecule has 0 amide bonds. The highest BCUT2D eigenvalue weighted by Crippen LogP contribution is 2.89. The molecule has 5 aliphatic rings. The van der Waals surface area contributed by atoms with Gasteiger partial charge in [0.1, 0.15) is 0 Å². The summed E-state index contributed by atoms with van der Waals surface area (Å²) in [6.07, 6.45) is 11.7. The number of carbonyl (C=O) groups is 1. The number of fused-ring (bicyclic) bond motifs is 2. The second-order valence-corrected chi connectivity index (χ2v) is 11.7. The second kappa shape index (κ2) is 5.96. The maximum absolute atomic E-state index is 12.3. The molecule has 158 valence electrons. The minimum atomic E-state index is 0. The molecule has 5 aliphatic carbocycles. The Kier molecular flexibility index (Phi) is 4.39. The van der Waals surface area contributed by atoms with E-state index in [-0.39, 0.29) is 12.8 Å². The fraction of sp³-hybridized carbons (Fsp3) is 0.885. The van der Waals surface area contributed by atoms with Gasteiger partial charge < -0.3 is 5.32 Å². The average molecular weight is 386 g/mol. The van der Waals surface area contributed by atoms with Gasteiger partial charge in [0.25, 0.3) is 0 Å². The fourth-order valence-electron chi connectivity index (χ4n) is 10.3. The van der Waals surface area contributed by atoms with Crippen LogP contribution in [0.5, 0.6) is 0 Å². The van der Waals surface area contributed by atoms with Crippen molar-refractivity contribution < 1.29 is 4.79 Å². The van der Waals surface area contributed by atoms with E-state index in [0.717, 1.165) is 30.1 Å². The highest BCUT2D eigenvalue weighted by atomic mass is 16.1. The summed E-state index contributed by atoms with van der Waals surface area (Å²) >= 11 is 0. The third kappa shape index (κ3) is 1.97. The summed E-state index contributed by atoms with van der Waals surface area (Å²) in [7, 11) is 2.17. The maximum Gasteiger partial charge on any atom is 0.156 e. The first-order valence-corrected chi connectivity index (χ1v) is 11.6. The van der Waals surface area contributed by atoms with Gasteiger partial charge in [-0.3, -0.25) is 4.79 Å². The van der Waals surface area contributed by atoms with E-state index in [1.807, 2.05) is 0 Å². The lowest BCUT2D eigenvalue weighted by molar-refractivity contribution is -0.117. The Bertz CT molecular complexity index is 722. The number of hydrogen-bond acceptors (Lipinski definition) is 2. The van der Waals surface area contributed by atoms with Crippen molar-refractivity contribution >= 4 is 5.78 Å². The predicted molar refractivity (Wildman–Crippen MR) is 117 cm³/mol. The van der Waals surface area contributed by atoms with Crippen molar-refractivity contribution in [2.75, 3.05) is 7.05 Å². The SMILES string of the molecule is C.CNC1CCC23C(CCC4C5CC=C(C(C)=O)C5(C)CCC42[C@@H]3C)C1(C)C. The van der Waals surface area contributed by atoms with Crippen LogP contribution in [0.25, 0.3) is 0 Å². The minimum absolute atomic E-state index is 0. The van der Waals surface area contributed by atoms with Crippen molar-refractivity contribution in [1.29, 1.82) is 0 Å². The first-order valence-electron chi connectivity index (χ1n) is 11.6. The van der Waals surface area contributed by atoms with Crippen LogP contribution in [0.3, 0.4) is 0 Å². The third-order valence-electron chi connectivity index (χ3n) is 11.3. The van der Waals surface area contributed by atoms with E-state index in [4.69, 9.17) is 0 Å².